The van der Waals surface area contributed by atoms with Crippen LogP contribution in [0.25, 0.3) is 294 Å². The van der Waals surface area contributed by atoms with E-state index in [-0.39, 0.29) is 0 Å². The number of nitrogens with zero attached hydrogens (tertiary/aromatic N) is 10. The average Bonchev–Trinajstić information content (AvgIpc) is 1.46. The van der Waals surface area contributed by atoms with Crippen molar-refractivity contribution in [2.45, 2.75) is 0 Å². The molecule has 0 aliphatic heterocycles. The number of para-hydroxylation sites is 5. The number of hydrogen-bond acceptors (Lipinski definition) is 12. The number of aromatic nitrogens is 10. The van der Waals surface area contributed by atoms with Gasteiger partial charge in [0.2, 0.25) is 0 Å². The number of hydrogen-bond donors (Lipinski definition) is 0. The average molecular weight is 1890 g/mol. The molecule has 148 heavy (non-hydrogen) atoms. The summed E-state index contributed by atoms with van der Waals surface area (Å²) in [6, 6.07) is 171. The van der Waals surface area contributed by atoms with E-state index >= 15 is 0 Å². The van der Waals surface area contributed by atoms with Gasteiger partial charge in [-0.15, -0.1) is 0 Å². The van der Waals surface area contributed by atoms with Gasteiger partial charge in [-0.2, -0.15) is 0 Å². The van der Waals surface area contributed by atoms with E-state index in [4.69, 9.17) is 58.1 Å². The Morgan fingerprint density at radius 3 is 0.730 bits per heavy atom. The fourth-order valence-electron chi connectivity index (χ4n) is 21.4. The molecule has 0 fully saturated rings. The van der Waals surface area contributed by atoms with Crippen LogP contribution in [-0.4, -0.2) is 49.4 Å². The first-order chi connectivity index (χ1) is 73.3. The van der Waals surface area contributed by atoms with Crippen molar-refractivity contribution in [2.24, 2.45) is 0 Å². The van der Waals surface area contributed by atoms with Gasteiger partial charge in [0.15, 0.2) is 17.5 Å². The minimum atomic E-state index is 0.665. The van der Waals surface area contributed by atoms with Crippen LogP contribution in [0.1, 0.15) is 0 Å². The van der Waals surface area contributed by atoms with Crippen LogP contribution < -0.4 is 0 Å². The number of pyridine rings is 3. The molecule has 20 aromatic carbocycles. The SMILES string of the molecule is c1ccc(-c2cc(-c3ccc4c(c3)nc(-c3ccccc3)c3ccc5oc6ccccc6c5c34)nc(-c3ccccc3)n2)cc1.c1ccc(-c2ccc(-c3cc(-c4ccc5c(c4)nc(-c4ccccc4)c4ccc6oc7ccccc7c6c45)nc(-c4ccccc4)n3)cc2)cc1.c1ccc(-c2nc(-c3ccc4c(c3)nc(-c3ccccc3)c3ccc5oc6ccccc6c5c34)cc(-n3c4ccccc4c4ccccc43)n2)cc1. The second-order valence-electron chi connectivity index (χ2n) is 37.2. The van der Waals surface area contributed by atoms with E-state index in [0.29, 0.717) is 17.5 Å². The van der Waals surface area contributed by atoms with E-state index in [9.17, 15) is 0 Å². The molecule has 10 aromatic heterocycles. The summed E-state index contributed by atoms with van der Waals surface area (Å²) >= 11 is 0. The second-order valence-corrected chi connectivity index (χ2v) is 37.2. The van der Waals surface area contributed by atoms with Gasteiger partial charge in [0.1, 0.15) is 39.3 Å². The first kappa shape index (κ1) is 85.8. The first-order valence-electron chi connectivity index (χ1n) is 49.6. The largest absolute Gasteiger partial charge is 0.456 e. The van der Waals surface area contributed by atoms with Crippen LogP contribution in [-0.2, 0) is 0 Å². The van der Waals surface area contributed by atoms with Crippen molar-refractivity contribution in [2.75, 3.05) is 0 Å². The molecule has 30 aromatic rings. The van der Waals surface area contributed by atoms with Gasteiger partial charge in [0.05, 0.1) is 73.1 Å². The molecule has 13 heteroatoms. The highest BCUT2D eigenvalue weighted by Crippen LogP contribution is 2.49. The van der Waals surface area contributed by atoms with Crippen LogP contribution in [0.15, 0.2) is 511 Å². The van der Waals surface area contributed by atoms with Crippen LogP contribution in [0, 0.1) is 0 Å². The second kappa shape index (κ2) is 36.1. The van der Waals surface area contributed by atoms with E-state index in [1.54, 1.807) is 0 Å². The highest BCUT2D eigenvalue weighted by Gasteiger charge is 2.26. The van der Waals surface area contributed by atoms with Gasteiger partial charge in [0, 0.05) is 159 Å². The van der Waals surface area contributed by atoms with Crippen LogP contribution >= 0.6 is 0 Å². The quantitative estimate of drug-likeness (QED) is 0.101. The van der Waals surface area contributed by atoms with Crippen LogP contribution in [0.3, 0.4) is 0 Å². The standard InChI is InChI=1S/C47H28N4O.C47H29N3O.C41H25N3O/c1-3-13-29(14-4-1)46-36-25-26-42-45(35-19-9-12-22-41(35)52-42)44(36)34-24-23-31(27-38(34)48-46)37-28-43(50-47(49-37)30-15-5-2-6-16-30)51-39-20-10-7-17-32(39)33-18-8-11-21-40(33)51;1-4-12-30(13-5-1)31-20-22-32(23-21-31)39-29-40(50-47(49-39)34-16-8-3-9-17-34)35-24-25-36-41(28-35)48-46(33-14-6-2-7-15-33)38-26-27-43-45(44(36)38)37-18-10-11-19-42(37)51-43;1-4-12-26(13-5-1)33-25-34(44-41(43-33)28-16-8-3-9-17-28)29-20-21-30-35(24-29)42-40(27-14-6-2-7-15-27)32-22-23-37-39(38(30)32)31-18-10-11-19-36(31)45-37/h1-28H;1-29H;1-25H. The molecule has 0 N–H and O–H groups in total. The van der Waals surface area contributed by atoms with Crippen molar-refractivity contribution in [3.05, 3.63) is 497 Å². The Bertz CT molecular complexity index is 10400. The summed E-state index contributed by atoms with van der Waals surface area (Å²) in [5, 5.41) is 18.9. The molecule has 0 radical (unpaired) electrons. The highest BCUT2D eigenvalue weighted by molar-refractivity contribution is 6.31. The molecule has 0 saturated heterocycles. The lowest BCUT2D eigenvalue weighted by molar-refractivity contribution is 0.669. The fourth-order valence-corrected chi connectivity index (χ4v) is 21.4. The van der Waals surface area contributed by atoms with Crippen molar-refractivity contribution < 1.29 is 13.3 Å². The molecule has 0 unspecified atom stereocenters. The minimum Gasteiger partial charge on any atom is -0.456 e. The lowest BCUT2D eigenvalue weighted by atomic mass is 9.95. The Hall–Kier alpha value is -20.2. The number of benzene rings is 20. The zero-order valence-corrected chi connectivity index (χ0v) is 79.5. The molecular weight excluding hydrogens is 1810 g/mol. The van der Waals surface area contributed by atoms with E-state index in [1.807, 2.05) is 133 Å². The summed E-state index contributed by atoms with van der Waals surface area (Å²) in [6.45, 7) is 0. The van der Waals surface area contributed by atoms with Crippen LogP contribution in [0.4, 0.5) is 0 Å². The molecule has 0 aliphatic carbocycles. The Morgan fingerprint density at radius 1 is 0.142 bits per heavy atom. The maximum absolute atomic E-state index is 6.37. The van der Waals surface area contributed by atoms with Crippen LogP contribution in [0.2, 0.25) is 0 Å². The molecule has 0 saturated carbocycles. The third-order valence-corrected chi connectivity index (χ3v) is 28.3. The first-order valence-corrected chi connectivity index (χ1v) is 49.6. The van der Waals surface area contributed by atoms with E-state index in [0.717, 1.165) is 254 Å². The summed E-state index contributed by atoms with van der Waals surface area (Å²) in [6.07, 6.45) is 0. The van der Waals surface area contributed by atoms with Crippen molar-refractivity contribution in [3.8, 4) is 141 Å². The molecule has 0 atom stereocenters. The summed E-state index contributed by atoms with van der Waals surface area (Å²) in [4.78, 5) is 46.8. The summed E-state index contributed by atoms with van der Waals surface area (Å²) in [7, 11) is 0. The highest BCUT2D eigenvalue weighted by atomic mass is 16.3. The van der Waals surface area contributed by atoms with Gasteiger partial charge in [0.25, 0.3) is 0 Å². The fraction of sp³-hybridized carbons (Fsp3) is 0. The topological polar surface area (TPSA) is 160 Å². The van der Waals surface area contributed by atoms with Gasteiger partial charge >= 0.3 is 0 Å². The molecule has 30 rings (SSSR count). The smallest absolute Gasteiger partial charge is 0.162 e. The van der Waals surface area contributed by atoms with Gasteiger partial charge in [-0.05, 0) is 108 Å². The van der Waals surface area contributed by atoms with Crippen molar-refractivity contribution in [1.82, 2.24) is 49.4 Å². The third kappa shape index (κ3) is 15.2. The monoisotopic (exact) mass is 1890 g/mol. The van der Waals surface area contributed by atoms with E-state index in [1.165, 1.54) is 21.9 Å². The van der Waals surface area contributed by atoms with Gasteiger partial charge in [-0.3, -0.25) is 4.57 Å². The van der Waals surface area contributed by atoms with E-state index < -0.39 is 0 Å². The predicted octanol–water partition coefficient (Wildman–Crippen LogP) is 35.3. The maximum Gasteiger partial charge on any atom is 0.162 e. The summed E-state index contributed by atoms with van der Waals surface area (Å²) in [5.74, 6) is 2.84. The molecule has 0 aliphatic rings. The third-order valence-electron chi connectivity index (χ3n) is 28.3. The van der Waals surface area contributed by atoms with Crippen molar-refractivity contribution >= 4 is 153 Å². The normalized spacial score (nSPS) is 11.6. The molecule has 0 spiro atoms. The zero-order chi connectivity index (χ0) is 97.6. The molecule has 13 nitrogen and oxygen atoms in total. The minimum absolute atomic E-state index is 0.665. The summed E-state index contributed by atoms with van der Waals surface area (Å²) in [5.41, 5.74) is 30.6. The molecule has 0 amide bonds. The molecule has 10 heterocycles. The Balaban J connectivity index is 0.000000107. The van der Waals surface area contributed by atoms with Crippen LogP contribution in [0.5, 0.6) is 0 Å². The van der Waals surface area contributed by atoms with Crippen molar-refractivity contribution in [1.29, 1.82) is 0 Å². The predicted molar refractivity (Wildman–Crippen MR) is 606 cm³/mol. The number of furan rings is 3. The van der Waals surface area contributed by atoms with E-state index in [2.05, 4.69) is 369 Å². The van der Waals surface area contributed by atoms with Gasteiger partial charge < -0.3 is 13.3 Å². The Labute approximate surface area is 848 Å². The number of fused-ring (bicyclic) bond motifs is 24. The Morgan fingerprint density at radius 2 is 0.385 bits per heavy atom. The van der Waals surface area contributed by atoms with Crippen molar-refractivity contribution in [3.63, 3.8) is 0 Å². The number of rotatable bonds is 13. The summed E-state index contributed by atoms with van der Waals surface area (Å²) < 4.78 is 21.3. The lowest BCUT2D eigenvalue weighted by Crippen LogP contribution is -2.02. The Kier molecular flexibility index (Phi) is 20.9. The lowest BCUT2D eigenvalue weighted by Gasteiger charge is -2.14. The maximum atomic E-state index is 6.37. The van der Waals surface area contributed by atoms with Gasteiger partial charge in [-0.25, -0.2) is 44.9 Å². The van der Waals surface area contributed by atoms with Gasteiger partial charge in [-0.1, -0.05) is 394 Å². The molecular formula is C135H82N10O3. The molecule has 690 valence electrons. The zero-order valence-electron chi connectivity index (χ0n) is 79.5. The molecule has 0 bridgehead atoms.